The van der Waals surface area contributed by atoms with Gasteiger partial charge in [-0.1, -0.05) is 53.6 Å². The summed E-state index contributed by atoms with van der Waals surface area (Å²) in [4.78, 5) is 15.1. The largest absolute Gasteiger partial charge is 0.341 e. The van der Waals surface area contributed by atoms with Crippen molar-refractivity contribution in [3.8, 4) is 11.4 Å². The Bertz CT molecular complexity index is 1740. The van der Waals surface area contributed by atoms with Gasteiger partial charge in [0.2, 0.25) is 0 Å². The minimum Gasteiger partial charge on any atom is -0.341 e. The van der Waals surface area contributed by atoms with Crippen molar-refractivity contribution in [1.82, 2.24) is 30.5 Å². The third-order valence-electron chi connectivity index (χ3n) is 7.58. The third-order valence-corrected chi connectivity index (χ3v) is 7.89. The molecular weight excluding hydrogens is 526 g/mol. The second-order valence-electron chi connectivity index (χ2n) is 9.91. The Morgan fingerprint density at radius 1 is 1.12 bits per heavy atom. The number of rotatable bonds is 7. The standard InChI is InChI=1S/C29H26ClN9O/c1-18-7-10-24-22(13-18)26(27-34-36-37-35-27)25-11-12-29(15-39(24)25,19-5-3-2-4-6-19)33-28(40)21-9-8-20(14-23(21)30)38(16-31)17-32/h2-10,13-14,16-17,31-32H,11-12,15H2,1H3,(H,33,40)(H,34,35,36,37)/t29-/m1/s1. The average Bonchev–Trinajstić information content (AvgIpc) is 3.60. The number of amides is 1. The molecule has 4 N–H and O–H groups in total. The number of anilines is 1. The molecule has 200 valence electrons. The van der Waals surface area contributed by atoms with Crippen LogP contribution in [0.5, 0.6) is 0 Å². The molecule has 0 fully saturated rings. The highest BCUT2D eigenvalue weighted by Crippen LogP contribution is 2.42. The van der Waals surface area contributed by atoms with Gasteiger partial charge in [-0.25, -0.2) is 5.10 Å². The van der Waals surface area contributed by atoms with E-state index in [4.69, 9.17) is 22.4 Å². The summed E-state index contributed by atoms with van der Waals surface area (Å²) in [7, 11) is 0. The maximum absolute atomic E-state index is 13.8. The van der Waals surface area contributed by atoms with Crippen LogP contribution in [0.2, 0.25) is 5.02 Å². The number of carbonyl (C=O) groups is 1. The summed E-state index contributed by atoms with van der Waals surface area (Å²) in [5, 5.41) is 34.4. The third kappa shape index (κ3) is 4.22. The van der Waals surface area contributed by atoms with Gasteiger partial charge in [-0.15, -0.1) is 5.10 Å². The van der Waals surface area contributed by atoms with Crippen molar-refractivity contribution >= 4 is 46.8 Å². The number of fused-ring (bicyclic) bond motifs is 3. The lowest BCUT2D eigenvalue weighted by Crippen LogP contribution is -2.51. The van der Waals surface area contributed by atoms with E-state index in [1.807, 2.05) is 30.3 Å². The maximum atomic E-state index is 13.8. The highest BCUT2D eigenvalue weighted by molar-refractivity contribution is 6.34. The summed E-state index contributed by atoms with van der Waals surface area (Å²) in [5.41, 5.74) is 5.40. The van der Waals surface area contributed by atoms with Gasteiger partial charge in [0.15, 0.2) is 5.82 Å². The zero-order chi connectivity index (χ0) is 27.9. The number of aryl methyl sites for hydroxylation is 1. The summed E-state index contributed by atoms with van der Waals surface area (Å²) in [6.45, 7) is 2.57. The van der Waals surface area contributed by atoms with E-state index in [1.54, 1.807) is 18.2 Å². The molecule has 3 aromatic carbocycles. The van der Waals surface area contributed by atoms with Crippen LogP contribution in [-0.4, -0.2) is 43.8 Å². The van der Waals surface area contributed by atoms with E-state index in [2.05, 4.69) is 55.6 Å². The molecule has 0 unspecified atom stereocenters. The van der Waals surface area contributed by atoms with Crippen LogP contribution in [0.3, 0.4) is 0 Å². The summed E-state index contributed by atoms with van der Waals surface area (Å²) in [6, 6.07) is 21.2. The topological polar surface area (TPSA) is 139 Å². The van der Waals surface area contributed by atoms with Crippen molar-refractivity contribution in [3.63, 3.8) is 0 Å². The number of aromatic amines is 1. The number of H-pyrrole nitrogens is 1. The van der Waals surface area contributed by atoms with Gasteiger partial charge in [0.25, 0.3) is 5.91 Å². The summed E-state index contributed by atoms with van der Waals surface area (Å²) in [5.74, 6) is 0.323. The molecule has 0 spiro atoms. The van der Waals surface area contributed by atoms with Crippen LogP contribution in [0.25, 0.3) is 22.3 Å². The highest BCUT2D eigenvalue weighted by atomic mass is 35.5. The van der Waals surface area contributed by atoms with Crippen molar-refractivity contribution < 1.29 is 4.79 Å². The Morgan fingerprint density at radius 2 is 1.93 bits per heavy atom. The molecule has 0 saturated heterocycles. The molecule has 2 aromatic heterocycles. The second-order valence-corrected chi connectivity index (χ2v) is 10.3. The normalized spacial score (nSPS) is 16.4. The molecule has 1 aliphatic heterocycles. The summed E-state index contributed by atoms with van der Waals surface area (Å²) < 4.78 is 2.26. The van der Waals surface area contributed by atoms with Crippen LogP contribution in [-0.2, 0) is 18.5 Å². The van der Waals surface area contributed by atoms with Gasteiger partial charge in [0.05, 0.1) is 35.3 Å². The van der Waals surface area contributed by atoms with Crippen LogP contribution < -0.4 is 10.2 Å². The van der Waals surface area contributed by atoms with Crippen molar-refractivity contribution in [3.05, 3.63) is 94.1 Å². The van der Waals surface area contributed by atoms with Crippen molar-refractivity contribution in [1.29, 1.82) is 10.8 Å². The SMILES string of the molecule is Cc1ccc2c(c1)c(-c1nnn[nH]1)c1n2C[C@@](NC(=O)c2ccc(N(C=N)C=N)cc2Cl)(c2ccccc2)CC1. The first-order valence-corrected chi connectivity index (χ1v) is 13.1. The predicted octanol–water partition coefficient (Wildman–Crippen LogP) is 5.08. The van der Waals surface area contributed by atoms with Gasteiger partial charge < -0.3 is 9.88 Å². The number of nitrogens with zero attached hydrogens (tertiary/aromatic N) is 5. The lowest BCUT2D eigenvalue weighted by molar-refractivity contribution is 0.0868. The van der Waals surface area contributed by atoms with E-state index in [0.29, 0.717) is 36.5 Å². The summed E-state index contributed by atoms with van der Waals surface area (Å²) in [6.07, 6.45) is 3.35. The van der Waals surface area contributed by atoms with Crippen LogP contribution in [0.4, 0.5) is 5.69 Å². The molecule has 10 nitrogen and oxygen atoms in total. The van der Waals surface area contributed by atoms with E-state index in [0.717, 1.165) is 46.0 Å². The number of hydrogen-bond donors (Lipinski definition) is 4. The van der Waals surface area contributed by atoms with Crippen LogP contribution in [0, 0.1) is 17.7 Å². The molecular formula is C29H26ClN9O. The number of benzene rings is 3. The number of halogens is 1. The zero-order valence-electron chi connectivity index (χ0n) is 21.6. The van der Waals surface area contributed by atoms with Crippen molar-refractivity contribution in [2.45, 2.75) is 31.8 Å². The van der Waals surface area contributed by atoms with E-state index in [-0.39, 0.29) is 10.9 Å². The van der Waals surface area contributed by atoms with E-state index in [1.165, 1.54) is 4.90 Å². The fourth-order valence-electron chi connectivity index (χ4n) is 5.66. The Balaban J connectivity index is 1.44. The average molecular weight is 552 g/mol. The molecule has 1 atom stereocenters. The Kier molecular flexibility index (Phi) is 6.39. The molecule has 6 rings (SSSR count). The Labute approximate surface area is 235 Å². The smallest absolute Gasteiger partial charge is 0.253 e. The molecule has 0 bridgehead atoms. The molecule has 0 radical (unpaired) electrons. The van der Waals surface area contributed by atoms with Gasteiger partial charge in [-0.3, -0.25) is 20.5 Å². The van der Waals surface area contributed by atoms with Crippen LogP contribution in [0.15, 0.2) is 66.7 Å². The number of carbonyl (C=O) groups excluding carboxylic acids is 1. The lowest BCUT2D eigenvalue weighted by Gasteiger charge is -2.40. The molecule has 1 aliphatic rings. The fourth-order valence-corrected chi connectivity index (χ4v) is 5.92. The van der Waals surface area contributed by atoms with Gasteiger partial charge in [0.1, 0.15) is 0 Å². The number of tetrazole rings is 1. The minimum atomic E-state index is -0.711. The molecule has 1 amide bonds. The van der Waals surface area contributed by atoms with E-state index < -0.39 is 5.54 Å². The maximum Gasteiger partial charge on any atom is 0.253 e. The van der Waals surface area contributed by atoms with E-state index in [9.17, 15) is 4.79 Å². The van der Waals surface area contributed by atoms with Crippen molar-refractivity contribution in [2.24, 2.45) is 0 Å². The zero-order valence-corrected chi connectivity index (χ0v) is 22.4. The van der Waals surface area contributed by atoms with Crippen molar-refractivity contribution in [2.75, 3.05) is 4.90 Å². The minimum absolute atomic E-state index is 0.241. The fraction of sp³-hybridized carbons (Fsp3) is 0.172. The first-order valence-electron chi connectivity index (χ1n) is 12.8. The monoisotopic (exact) mass is 551 g/mol. The first-order chi connectivity index (χ1) is 19.4. The highest BCUT2D eigenvalue weighted by Gasteiger charge is 2.40. The molecule has 0 aliphatic carbocycles. The summed E-state index contributed by atoms with van der Waals surface area (Å²) >= 11 is 6.56. The van der Waals surface area contributed by atoms with Crippen LogP contribution in [0.1, 0.15) is 33.6 Å². The molecule has 3 heterocycles. The number of nitrogens with one attached hydrogen (secondary N) is 4. The van der Waals surface area contributed by atoms with E-state index >= 15 is 0 Å². The molecule has 40 heavy (non-hydrogen) atoms. The lowest BCUT2D eigenvalue weighted by atomic mass is 9.81. The number of hydrogen-bond acceptors (Lipinski definition) is 6. The first kappa shape index (κ1) is 25.4. The Morgan fingerprint density at radius 3 is 2.62 bits per heavy atom. The van der Waals surface area contributed by atoms with Gasteiger partial charge in [0, 0.05) is 27.8 Å². The molecule has 0 saturated carbocycles. The molecule has 11 heteroatoms. The van der Waals surface area contributed by atoms with Gasteiger partial charge in [-0.2, -0.15) is 0 Å². The van der Waals surface area contributed by atoms with Gasteiger partial charge >= 0.3 is 0 Å². The Hall–Kier alpha value is -4.83. The van der Waals surface area contributed by atoms with Crippen LogP contribution >= 0.6 is 11.6 Å². The number of aromatic nitrogens is 5. The van der Waals surface area contributed by atoms with Gasteiger partial charge in [-0.05, 0) is 66.1 Å². The molecule has 5 aromatic rings. The quantitative estimate of drug-likeness (QED) is 0.165. The second kappa shape index (κ2) is 10.0. The predicted molar refractivity (Wildman–Crippen MR) is 155 cm³/mol.